The molecule has 0 aliphatic heterocycles. The van der Waals surface area contributed by atoms with Crippen molar-refractivity contribution >= 4 is 0 Å². The van der Waals surface area contributed by atoms with Crippen LogP contribution in [-0.2, 0) is 6.54 Å². The molecule has 1 aromatic rings. The maximum atomic E-state index is 9.09. The van der Waals surface area contributed by atoms with E-state index in [1.807, 2.05) is 0 Å². The zero-order chi connectivity index (χ0) is 13.4. The summed E-state index contributed by atoms with van der Waals surface area (Å²) in [7, 11) is 0. The molecule has 1 N–H and O–H groups in total. The Bertz CT molecular complexity index is 318. The Labute approximate surface area is 112 Å². The molecular weight excluding hydrogens is 222 g/mol. The van der Waals surface area contributed by atoms with E-state index in [9.17, 15) is 0 Å². The first-order valence-electron chi connectivity index (χ1n) is 7.09. The monoisotopic (exact) mass is 249 g/mol. The molecule has 0 radical (unpaired) electrons. The Morgan fingerprint density at radius 3 is 2.28 bits per heavy atom. The van der Waals surface area contributed by atoms with Gasteiger partial charge in [-0.2, -0.15) is 0 Å². The van der Waals surface area contributed by atoms with Crippen LogP contribution in [-0.4, -0.2) is 29.7 Å². The van der Waals surface area contributed by atoms with Crippen LogP contribution in [0.3, 0.4) is 0 Å². The predicted molar refractivity (Wildman–Crippen MR) is 77.8 cm³/mol. The lowest BCUT2D eigenvalue weighted by molar-refractivity contribution is 0.188. The molecule has 0 aromatic heterocycles. The van der Waals surface area contributed by atoms with Crippen LogP contribution in [0.25, 0.3) is 0 Å². The van der Waals surface area contributed by atoms with E-state index >= 15 is 0 Å². The molecule has 0 atom stereocenters. The van der Waals surface area contributed by atoms with E-state index in [0.717, 1.165) is 19.6 Å². The summed E-state index contributed by atoms with van der Waals surface area (Å²) in [6.45, 7) is 9.67. The van der Waals surface area contributed by atoms with Crippen molar-refractivity contribution in [1.29, 1.82) is 0 Å². The lowest BCUT2D eigenvalue weighted by atomic mass is 10.0. The maximum Gasteiger partial charge on any atom is 0.0558 e. The van der Waals surface area contributed by atoms with Crippen LogP contribution in [0, 0.1) is 0 Å². The van der Waals surface area contributed by atoms with Crippen molar-refractivity contribution < 1.29 is 5.11 Å². The molecule has 102 valence electrons. The van der Waals surface area contributed by atoms with Gasteiger partial charge in [0.15, 0.2) is 0 Å². The highest BCUT2D eigenvalue weighted by molar-refractivity contribution is 5.24. The van der Waals surface area contributed by atoms with E-state index in [-0.39, 0.29) is 6.61 Å². The summed E-state index contributed by atoms with van der Waals surface area (Å²) in [6, 6.07) is 8.87. The molecule has 2 heteroatoms. The molecule has 1 rings (SSSR count). The molecule has 0 amide bonds. The van der Waals surface area contributed by atoms with Crippen LogP contribution in [0.5, 0.6) is 0 Å². The lowest BCUT2D eigenvalue weighted by Gasteiger charge is -2.21. The summed E-state index contributed by atoms with van der Waals surface area (Å²) in [5.74, 6) is 0.590. The number of benzene rings is 1. The minimum Gasteiger partial charge on any atom is -0.395 e. The fourth-order valence-electron chi connectivity index (χ4n) is 2.06. The first-order chi connectivity index (χ1) is 8.67. The molecule has 0 saturated carbocycles. The van der Waals surface area contributed by atoms with Crippen LogP contribution in [0.4, 0.5) is 0 Å². The molecule has 0 fully saturated rings. The summed E-state index contributed by atoms with van der Waals surface area (Å²) in [6.07, 6.45) is 2.40. The SMILES string of the molecule is CCCCN(CCO)Cc1ccc(C(C)C)cc1. The average molecular weight is 249 g/mol. The van der Waals surface area contributed by atoms with Gasteiger partial charge in [0.25, 0.3) is 0 Å². The molecule has 0 aliphatic carbocycles. The zero-order valence-corrected chi connectivity index (χ0v) is 12.0. The third kappa shape index (κ3) is 5.19. The Balaban J connectivity index is 2.56. The molecule has 0 saturated heterocycles. The van der Waals surface area contributed by atoms with E-state index in [0.29, 0.717) is 5.92 Å². The molecule has 0 bridgehead atoms. The van der Waals surface area contributed by atoms with Gasteiger partial charge < -0.3 is 5.11 Å². The second-order valence-corrected chi connectivity index (χ2v) is 5.25. The van der Waals surface area contributed by atoms with E-state index in [2.05, 4.69) is 49.9 Å². The smallest absolute Gasteiger partial charge is 0.0558 e. The molecule has 0 aliphatic rings. The summed E-state index contributed by atoms with van der Waals surface area (Å²) >= 11 is 0. The number of unbranched alkanes of at least 4 members (excludes halogenated alkanes) is 1. The third-order valence-corrected chi connectivity index (χ3v) is 3.30. The zero-order valence-electron chi connectivity index (χ0n) is 12.0. The van der Waals surface area contributed by atoms with E-state index in [1.165, 1.54) is 24.0 Å². The fraction of sp³-hybridized carbons (Fsp3) is 0.625. The van der Waals surface area contributed by atoms with Gasteiger partial charge in [0.05, 0.1) is 6.61 Å². The van der Waals surface area contributed by atoms with Crippen molar-refractivity contribution in [2.24, 2.45) is 0 Å². The quantitative estimate of drug-likeness (QED) is 0.763. The Hall–Kier alpha value is -0.860. The number of rotatable bonds is 8. The first kappa shape index (κ1) is 15.2. The van der Waals surface area contributed by atoms with Crippen molar-refractivity contribution in [3.8, 4) is 0 Å². The molecule has 1 aromatic carbocycles. The molecule has 0 heterocycles. The highest BCUT2D eigenvalue weighted by Crippen LogP contribution is 2.15. The summed E-state index contributed by atoms with van der Waals surface area (Å²) < 4.78 is 0. The second kappa shape index (κ2) is 8.28. The van der Waals surface area contributed by atoms with Crippen molar-refractivity contribution in [1.82, 2.24) is 4.90 Å². The van der Waals surface area contributed by atoms with Crippen LogP contribution < -0.4 is 0 Å². The van der Waals surface area contributed by atoms with E-state index in [4.69, 9.17) is 5.11 Å². The molecule has 0 unspecified atom stereocenters. The van der Waals surface area contributed by atoms with Gasteiger partial charge in [-0.3, -0.25) is 4.90 Å². The summed E-state index contributed by atoms with van der Waals surface area (Å²) in [5.41, 5.74) is 2.73. The standard InChI is InChI=1S/C16H27NO/c1-4-5-10-17(11-12-18)13-15-6-8-16(9-7-15)14(2)3/h6-9,14,18H,4-5,10-13H2,1-3H3. The van der Waals surface area contributed by atoms with E-state index in [1.54, 1.807) is 0 Å². The van der Waals surface area contributed by atoms with Gasteiger partial charge in [0, 0.05) is 13.1 Å². The van der Waals surface area contributed by atoms with Crippen LogP contribution >= 0.6 is 0 Å². The summed E-state index contributed by atoms with van der Waals surface area (Å²) in [5, 5.41) is 9.09. The number of aliphatic hydroxyl groups excluding tert-OH is 1. The summed E-state index contributed by atoms with van der Waals surface area (Å²) in [4.78, 5) is 2.33. The van der Waals surface area contributed by atoms with Gasteiger partial charge in [0.2, 0.25) is 0 Å². The van der Waals surface area contributed by atoms with Gasteiger partial charge in [-0.25, -0.2) is 0 Å². The lowest BCUT2D eigenvalue weighted by Crippen LogP contribution is -2.27. The molecule has 2 nitrogen and oxygen atoms in total. The topological polar surface area (TPSA) is 23.5 Å². The minimum absolute atomic E-state index is 0.244. The maximum absolute atomic E-state index is 9.09. The highest BCUT2D eigenvalue weighted by atomic mass is 16.3. The van der Waals surface area contributed by atoms with Gasteiger partial charge in [0.1, 0.15) is 0 Å². The molecule has 0 spiro atoms. The van der Waals surface area contributed by atoms with Crippen molar-refractivity contribution in [3.05, 3.63) is 35.4 Å². The van der Waals surface area contributed by atoms with Crippen LogP contribution in [0.1, 0.15) is 50.7 Å². The fourth-order valence-corrected chi connectivity index (χ4v) is 2.06. The van der Waals surface area contributed by atoms with Gasteiger partial charge >= 0.3 is 0 Å². The number of aliphatic hydroxyl groups is 1. The minimum atomic E-state index is 0.244. The van der Waals surface area contributed by atoms with Crippen molar-refractivity contribution in [2.75, 3.05) is 19.7 Å². The number of hydrogen-bond donors (Lipinski definition) is 1. The molecular formula is C16H27NO. The predicted octanol–water partition coefficient (Wildman–Crippen LogP) is 3.40. The van der Waals surface area contributed by atoms with Crippen molar-refractivity contribution in [2.45, 2.75) is 46.1 Å². The van der Waals surface area contributed by atoms with Gasteiger partial charge in [-0.05, 0) is 30.0 Å². The normalized spacial score (nSPS) is 11.4. The third-order valence-electron chi connectivity index (χ3n) is 3.30. The molecule has 18 heavy (non-hydrogen) atoms. The highest BCUT2D eigenvalue weighted by Gasteiger charge is 2.05. The van der Waals surface area contributed by atoms with E-state index < -0.39 is 0 Å². The Morgan fingerprint density at radius 2 is 1.78 bits per heavy atom. The Kier molecular flexibility index (Phi) is 6.99. The average Bonchev–Trinajstić information content (AvgIpc) is 2.37. The van der Waals surface area contributed by atoms with Crippen LogP contribution in [0.2, 0.25) is 0 Å². The van der Waals surface area contributed by atoms with Gasteiger partial charge in [-0.1, -0.05) is 51.5 Å². The number of nitrogens with zero attached hydrogens (tertiary/aromatic N) is 1. The number of hydrogen-bond acceptors (Lipinski definition) is 2. The van der Waals surface area contributed by atoms with Gasteiger partial charge in [-0.15, -0.1) is 0 Å². The largest absolute Gasteiger partial charge is 0.395 e. The Morgan fingerprint density at radius 1 is 1.11 bits per heavy atom. The first-order valence-corrected chi connectivity index (χ1v) is 7.09. The second-order valence-electron chi connectivity index (χ2n) is 5.25. The van der Waals surface area contributed by atoms with Crippen LogP contribution in [0.15, 0.2) is 24.3 Å². The van der Waals surface area contributed by atoms with Crippen molar-refractivity contribution in [3.63, 3.8) is 0 Å².